The SMILES string of the molecule is COc1cc(Br)c(-c2cc(N)no2)cc1OC1CCC1. The van der Waals surface area contributed by atoms with Crippen LogP contribution in [0.15, 0.2) is 27.2 Å². The summed E-state index contributed by atoms with van der Waals surface area (Å²) in [6.45, 7) is 0. The van der Waals surface area contributed by atoms with E-state index in [4.69, 9.17) is 19.7 Å². The first-order valence-electron chi connectivity index (χ1n) is 6.44. The van der Waals surface area contributed by atoms with Gasteiger partial charge in [-0.3, -0.25) is 0 Å². The molecule has 1 aromatic carbocycles. The van der Waals surface area contributed by atoms with Gasteiger partial charge in [0.15, 0.2) is 23.1 Å². The molecule has 106 valence electrons. The number of hydrogen-bond donors (Lipinski definition) is 1. The average molecular weight is 339 g/mol. The van der Waals surface area contributed by atoms with Crippen molar-refractivity contribution in [1.82, 2.24) is 5.16 Å². The van der Waals surface area contributed by atoms with Crippen LogP contribution in [0.5, 0.6) is 11.5 Å². The topological polar surface area (TPSA) is 70.5 Å². The second kappa shape index (κ2) is 5.36. The lowest BCUT2D eigenvalue weighted by molar-refractivity contribution is 0.116. The first-order chi connectivity index (χ1) is 9.67. The number of aromatic nitrogens is 1. The third kappa shape index (κ3) is 2.47. The number of rotatable bonds is 4. The van der Waals surface area contributed by atoms with Crippen molar-refractivity contribution in [2.75, 3.05) is 12.8 Å². The van der Waals surface area contributed by atoms with Crippen LogP contribution in [-0.4, -0.2) is 18.4 Å². The maximum atomic E-state index is 5.96. The Labute approximate surface area is 125 Å². The highest BCUT2D eigenvalue weighted by molar-refractivity contribution is 9.10. The summed E-state index contributed by atoms with van der Waals surface area (Å²) in [7, 11) is 1.63. The van der Waals surface area contributed by atoms with E-state index in [1.54, 1.807) is 13.2 Å². The summed E-state index contributed by atoms with van der Waals surface area (Å²) in [4.78, 5) is 0. The molecule has 2 N–H and O–H groups in total. The molecule has 0 bridgehead atoms. The zero-order valence-corrected chi connectivity index (χ0v) is 12.6. The van der Waals surface area contributed by atoms with Gasteiger partial charge in [-0.1, -0.05) is 5.16 Å². The van der Waals surface area contributed by atoms with Crippen molar-refractivity contribution in [2.45, 2.75) is 25.4 Å². The molecule has 1 heterocycles. The smallest absolute Gasteiger partial charge is 0.170 e. The second-order valence-electron chi connectivity index (χ2n) is 4.77. The number of nitrogen functional groups attached to an aromatic ring is 1. The van der Waals surface area contributed by atoms with Gasteiger partial charge in [-0.15, -0.1) is 0 Å². The second-order valence-corrected chi connectivity index (χ2v) is 5.62. The molecule has 0 saturated heterocycles. The molecule has 1 aromatic heterocycles. The van der Waals surface area contributed by atoms with Gasteiger partial charge in [0, 0.05) is 16.1 Å². The number of hydrogen-bond acceptors (Lipinski definition) is 5. The minimum atomic E-state index is 0.276. The van der Waals surface area contributed by atoms with Gasteiger partial charge in [0.05, 0.1) is 13.2 Å². The van der Waals surface area contributed by atoms with Gasteiger partial charge in [-0.05, 0) is 47.3 Å². The van der Waals surface area contributed by atoms with Crippen molar-refractivity contribution in [2.24, 2.45) is 0 Å². The number of anilines is 1. The normalized spacial score (nSPS) is 14.9. The minimum Gasteiger partial charge on any atom is -0.493 e. The van der Waals surface area contributed by atoms with Crippen LogP contribution < -0.4 is 15.2 Å². The summed E-state index contributed by atoms with van der Waals surface area (Å²) >= 11 is 3.50. The van der Waals surface area contributed by atoms with E-state index in [0.29, 0.717) is 23.1 Å². The highest BCUT2D eigenvalue weighted by Gasteiger charge is 2.22. The Bertz CT molecular complexity index is 623. The lowest BCUT2D eigenvalue weighted by Crippen LogP contribution is -2.24. The molecular weight excluding hydrogens is 324 g/mol. The van der Waals surface area contributed by atoms with Gasteiger partial charge in [-0.2, -0.15) is 0 Å². The van der Waals surface area contributed by atoms with E-state index in [1.807, 2.05) is 12.1 Å². The van der Waals surface area contributed by atoms with Gasteiger partial charge in [0.25, 0.3) is 0 Å². The summed E-state index contributed by atoms with van der Waals surface area (Å²) in [6.07, 6.45) is 3.67. The van der Waals surface area contributed by atoms with Gasteiger partial charge < -0.3 is 19.7 Å². The summed E-state index contributed by atoms with van der Waals surface area (Å²) in [5.74, 6) is 2.35. The summed E-state index contributed by atoms with van der Waals surface area (Å²) in [5.41, 5.74) is 6.43. The molecule has 20 heavy (non-hydrogen) atoms. The quantitative estimate of drug-likeness (QED) is 0.921. The average Bonchev–Trinajstić information content (AvgIpc) is 2.81. The first-order valence-corrected chi connectivity index (χ1v) is 7.23. The molecule has 1 aliphatic carbocycles. The molecule has 2 aromatic rings. The fourth-order valence-corrected chi connectivity index (χ4v) is 2.58. The van der Waals surface area contributed by atoms with Crippen LogP contribution in [0.2, 0.25) is 0 Å². The maximum Gasteiger partial charge on any atom is 0.170 e. The van der Waals surface area contributed by atoms with E-state index in [-0.39, 0.29) is 6.10 Å². The van der Waals surface area contributed by atoms with Gasteiger partial charge in [0.2, 0.25) is 0 Å². The Balaban J connectivity index is 1.99. The number of methoxy groups -OCH3 is 1. The number of ether oxygens (including phenoxy) is 2. The van der Waals surface area contributed by atoms with Gasteiger partial charge in [-0.25, -0.2) is 0 Å². The third-order valence-electron chi connectivity index (χ3n) is 3.39. The van der Waals surface area contributed by atoms with Crippen LogP contribution in [0, 0.1) is 0 Å². The van der Waals surface area contributed by atoms with E-state index < -0.39 is 0 Å². The predicted octanol–water partition coefficient (Wildman–Crippen LogP) is 3.63. The van der Waals surface area contributed by atoms with Crippen LogP contribution in [0.1, 0.15) is 19.3 Å². The van der Waals surface area contributed by atoms with E-state index >= 15 is 0 Å². The Morgan fingerprint density at radius 2 is 2.10 bits per heavy atom. The van der Waals surface area contributed by atoms with E-state index in [1.165, 1.54) is 6.42 Å². The molecule has 0 atom stereocenters. The summed E-state index contributed by atoms with van der Waals surface area (Å²) < 4.78 is 17.4. The Morgan fingerprint density at radius 1 is 1.30 bits per heavy atom. The zero-order chi connectivity index (χ0) is 14.1. The predicted molar refractivity (Wildman–Crippen MR) is 78.9 cm³/mol. The molecule has 5 nitrogen and oxygen atoms in total. The number of nitrogens with zero attached hydrogens (tertiary/aromatic N) is 1. The monoisotopic (exact) mass is 338 g/mol. The molecule has 0 radical (unpaired) electrons. The van der Waals surface area contributed by atoms with Crippen molar-refractivity contribution in [3.63, 3.8) is 0 Å². The summed E-state index contributed by atoms with van der Waals surface area (Å²) in [5, 5.41) is 3.70. The van der Waals surface area contributed by atoms with Crippen LogP contribution in [0.3, 0.4) is 0 Å². The van der Waals surface area contributed by atoms with E-state index in [9.17, 15) is 0 Å². The standard InChI is InChI=1S/C14H15BrN2O3/c1-18-12-6-10(15)9(11-7-14(16)17-20-11)5-13(12)19-8-3-2-4-8/h5-8H,2-4H2,1H3,(H2,16,17). The minimum absolute atomic E-state index is 0.276. The molecule has 3 rings (SSSR count). The summed E-state index contributed by atoms with van der Waals surface area (Å²) in [6, 6.07) is 5.43. The highest BCUT2D eigenvalue weighted by Crippen LogP contribution is 2.40. The van der Waals surface area contributed by atoms with Crippen LogP contribution >= 0.6 is 15.9 Å². The molecule has 1 saturated carbocycles. The lowest BCUT2D eigenvalue weighted by Gasteiger charge is -2.27. The maximum absolute atomic E-state index is 5.96. The number of nitrogens with two attached hydrogens (primary N) is 1. The van der Waals surface area contributed by atoms with Crippen molar-refractivity contribution < 1.29 is 14.0 Å². The largest absolute Gasteiger partial charge is 0.493 e. The van der Waals surface area contributed by atoms with Crippen LogP contribution in [-0.2, 0) is 0 Å². The number of halogens is 1. The van der Waals surface area contributed by atoms with Gasteiger partial charge in [0.1, 0.15) is 0 Å². The first kappa shape index (κ1) is 13.3. The van der Waals surface area contributed by atoms with Crippen molar-refractivity contribution in [3.8, 4) is 22.8 Å². The Morgan fingerprint density at radius 3 is 2.65 bits per heavy atom. The molecule has 0 aliphatic heterocycles. The molecular formula is C14H15BrN2O3. The molecule has 0 spiro atoms. The Kier molecular flexibility index (Phi) is 3.56. The number of benzene rings is 1. The molecule has 6 heteroatoms. The third-order valence-corrected chi connectivity index (χ3v) is 4.05. The fourth-order valence-electron chi connectivity index (χ4n) is 2.06. The molecule has 0 unspecified atom stereocenters. The zero-order valence-electron chi connectivity index (χ0n) is 11.1. The van der Waals surface area contributed by atoms with Crippen molar-refractivity contribution >= 4 is 21.7 Å². The fraction of sp³-hybridized carbons (Fsp3) is 0.357. The lowest BCUT2D eigenvalue weighted by atomic mass is 9.96. The molecule has 0 amide bonds. The van der Waals surface area contributed by atoms with E-state index in [2.05, 4.69) is 21.1 Å². The van der Waals surface area contributed by atoms with Crippen LogP contribution in [0.4, 0.5) is 5.82 Å². The van der Waals surface area contributed by atoms with Crippen LogP contribution in [0.25, 0.3) is 11.3 Å². The van der Waals surface area contributed by atoms with Crippen molar-refractivity contribution in [1.29, 1.82) is 0 Å². The van der Waals surface area contributed by atoms with Gasteiger partial charge >= 0.3 is 0 Å². The highest BCUT2D eigenvalue weighted by atomic mass is 79.9. The molecule has 1 fully saturated rings. The van der Waals surface area contributed by atoms with E-state index in [0.717, 1.165) is 22.9 Å². The Hall–Kier alpha value is -1.69. The van der Waals surface area contributed by atoms with Crippen molar-refractivity contribution in [3.05, 3.63) is 22.7 Å². The molecule has 1 aliphatic rings.